The molecule has 1 aromatic heterocycles. The van der Waals surface area contributed by atoms with Crippen molar-refractivity contribution in [3.05, 3.63) is 30.1 Å². The van der Waals surface area contributed by atoms with E-state index in [1.54, 1.807) is 6.20 Å². The third-order valence-corrected chi connectivity index (χ3v) is 2.64. The van der Waals surface area contributed by atoms with E-state index in [0.29, 0.717) is 11.4 Å². The number of nitrogens with zero attached hydrogens (tertiary/aromatic N) is 3. The predicted octanol–water partition coefficient (Wildman–Crippen LogP) is 0.741. The van der Waals surface area contributed by atoms with Gasteiger partial charge in [0.15, 0.2) is 0 Å². The Hall–Kier alpha value is -2.06. The minimum Gasteiger partial charge on any atom is -0.396 e. The summed E-state index contributed by atoms with van der Waals surface area (Å²) in [5.74, 6) is 0. The van der Waals surface area contributed by atoms with Crippen LogP contribution in [0.25, 0.3) is 5.70 Å². The minimum absolute atomic E-state index is 0.391. The molecule has 1 aliphatic heterocycles. The summed E-state index contributed by atoms with van der Waals surface area (Å²) in [5, 5.41) is 8.55. The summed E-state index contributed by atoms with van der Waals surface area (Å²) in [6, 6.07) is 5.74. The van der Waals surface area contributed by atoms with Crippen molar-refractivity contribution in [2.24, 2.45) is 5.73 Å². The first-order chi connectivity index (χ1) is 8.31. The van der Waals surface area contributed by atoms with Crippen molar-refractivity contribution in [1.82, 2.24) is 4.98 Å². The number of aromatic nitrogens is 1. The van der Waals surface area contributed by atoms with Crippen molar-refractivity contribution in [3.8, 4) is 6.07 Å². The second-order valence-corrected chi connectivity index (χ2v) is 3.73. The van der Waals surface area contributed by atoms with Gasteiger partial charge in [0.1, 0.15) is 0 Å². The van der Waals surface area contributed by atoms with Gasteiger partial charge in [0.2, 0.25) is 0 Å². The lowest BCUT2D eigenvalue weighted by Gasteiger charge is -2.28. The normalized spacial score (nSPS) is 16.6. The van der Waals surface area contributed by atoms with Crippen LogP contribution in [0.15, 0.2) is 24.4 Å². The van der Waals surface area contributed by atoms with Gasteiger partial charge in [0, 0.05) is 31.0 Å². The molecule has 0 aliphatic carbocycles. The molecule has 0 unspecified atom stereocenters. The van der Waals surface area contributed by atoms with Crippen LogP contribution in [0.1, 0.15) is 5.69 Å². The van der Waals surface area contributed by atoms with E-state index in [1.807, 2.05) is 18.2 Å². The highest BCUT2D eigenvalue weighted by Gasteiger charge is 2.12. The molecule has 0 amide bonds. The minimum atomic E-state index is 0.391. The second-order valence-electron chi connectivity index (χ2n) is 3.73. The Balaban J connectivity index is 2.22. The lowest BCUT2D eigenvalue weighted by molar-refractivity contribution is 0.122. The van der Waals surface area contributed by atoms with E-state index in [-0.39, 0.29) is 0 Å². The molecule has 5 heteroatoms. The molecule has 2 N–H and O–H groups in total. The molecule has 0 spiro atoms. The number of ether oxygens (including phenoxy) is 1. The van der Waals surface area contributed by atoms with Gasteiger partial charge < -0.3 is 15.4 Å². The maximum Gasteiger partial charge on any atom is 0.0934 e. The van der Waals surface area contributed by atoms with Gasteiger partial charge in [0.05, 0.1) is 30.7 Å². The van der Waals surface area contributed by atoms with Crippen LogP contribution in [0.3, 0.4) is 0 Å². The average Bonchev–Trinajstić information content (AvgIpc) is 2.40. The molecule has 17 heavy (non-hydrogen) atoms. The zero-order valence-electron chi connectivity index (χ0n) is 9.47. The van der Waals surface area contributed by atoms with Crippen LogP contribution < -0.4 is 10.6 Å². The van der Waals surface area contributed by atoms with Crippen LogP contribution >= 0.6 is 0 Å². The third kappa shape index (κ3) is 2.74. The molecule has 88 valence electrons. The van der Waals surface area contributed by atoms with E-state index in [0.717, 1.165) is 32.0 Å². The number of anilines is 1. The molecule has 1 aromatic rings. The van der Waals surface area contributed by atoms with E-state index >= 15 is 0 Å². The summed E-state index contributed by atoms with van der Waals surface area (Å²) in [4.78, 5) is 6.37. The highest BCUT2D eigenvalue weighted by Crippen LogP contribution is 2.18. The van der Waals surface area contributed by atoms with Crippen LogP contribution in [0.5, 0.6) is 0 Å². The van der Waals surface area contributed by atoms with Crippen LogP contribution in [-0.2, 0) is 4.74 Å². The zero-order chi connectivity index (χ0) is 12.1. The number of morpholine rings is 1. The molecule has 2 heterocycles. The lowest BCUT2D eigenvalue weighted by atomic mass is 10.2. The fourth-order valence-electron chi connectivity index (χ4n) is 1.74. The number of rotatable bonds is 2. The van der Waals surface area contributed by atoms with Crippen molar-refractivity contribution >= 4 is 11.4 Å². The first-order valence-electron chi connectivity index (χ1n) is 5.45. The van der Waals surface area contributed by atoms with Crippen LogP contribution in [0.2, 0.25) is 0 Å². The fraction of sp³-hybridized carbons (Fsp3) is 0.333. The first-order valence-corrected chi connectivity index (χ1v) is 5.45. The Morgan fingerprint density at radius 1 is 1.53 bits per heavy atom. The van der Waals surface area contributed by atoms with E-state index in [4.69, 9.17) is 15.7 Å². The summed E-state index contributed by atoms with van der Waals surface area (Å²) in [6.07, 6.45) is 3.00. The average molecular weight is 230 g/mol. The van der Waals surface area contributed by atoms with Crippen molar-refractivity contribution in [1.29, 1.82) is 5.26 Å². The number of allylic oxidation sites excluding steroid dienone is 1. The topological polar surface area (TPSA) is 75.2 Å². The predicted molar refractivity (Wildman–Crippen MR) is 65.0 cm³/mol. The van der Waals surface area contributed by atoms with Crippen LogP contribution in [0.4, 0.5) is 5.69 Å². The van der Waals surface area contributed by atoms with Gasteiger partial charge in [-0.3, -0.25) is 4.98 Å². The number of nitrogens with two attached hydrogens (primary N) is 1. The Morgan fingerprint density at radius 3 is 3.00 bits per heavy atom. The fourth-order valence-corrected chi connectivity index (χ4v) is 1.74. The van der Waals surface area contributed by atoms with Gasteiger partial charge in [-0.25, -0.2) is 0 Å². The molecule has 1 aliphatic rings. The summed E-state index contributed by atoms with van der Waals surface area (Å²) in [5.41, 5.74) is 7.83. The molecule has 5 nitrogen and oxygen atoms in total. The smallest absolute Gasteiger partial charge is 0.0934 e. The second kappa shape index (κ2) is 5.32. The highest BCUT2D eigenvalue weighted by atomic mass is 16.5. The zero-order valence-corrected chi connectivity index (χ0v) is 9.47. The standard InChI is InChI=1S/C12H14N4O/c13-3-1-11(14)12-9-10(2-4-15-12)16-5-7-17-8-6-16/h1-2,4,9H,5-8,14H2. The number of hydrogen-bond acceptors (Lipinski definition) is 5. The van der Waals surface area contributed by atoms with Gasteiger partial charge in [-0.2, -0.15) is 5.26 Å². The summed E-state index contributed by atoms with van der Waals surface area (Å²) >= 11 is 0. The number of hydrogen-bond donors (Lipinski definition) is 1. The van der Waals surface area contributed by atoms with E-state index in [1.165, 1.54) is 6.08 Å². The molecule has 0 aromatic carbocycles. The first kappa shape index (κ1) is 11.4. The van der Waals surface area contributed by atoms with Gasteiger partial charge in [-0.05, 0) is 12.1 Å². The van der Waals surface area contributed by atoms with Crippen molar-refractivity contribution < 1.29 is 4.74 Å². The summed E-state index contributed by atoms with van der Waals surface area (Å²) in [6.45, 7) is 3.21. The molecular formula is C12H14N4O. The molecule has 1 saturated heterocycles. The van der Waals surface area contributed by atoms with Crippen molar-refractivity contribution in [3.63, 3.8) is 0 Å². The Kier molecular flexibility index (Phi) is 3.58. The lowest BCUT2D eigenvalue weighted by Crippen LogP contribution is -2.36. The van der Waals surface area contributed by atoms with Crippen molar-refractivity contribution in [2.75, 3.05) is 31.2 Å². The summed E-state index contributed by atoms with van der Waals surface area (Å²) in [7, 11) is 0. The van der Waals surface area contributed by atoms with Crippen molar-refractivity contribution in [2.45, 2.75) is 0 Å². The van der Waals surface area contributed by atoms with Crippen LogP contribution in [-0.4, -0.2) is 31.3 Å². The highest BCUT2D eigenvalue weighted by molar-refractivity contribution is 5.65. The molecule has 0 radical (unpaired) electrons. The quantitative estimate of drug-likeness (QED) is 0.758. The largest absolute Gasteiger partial charge is 0.396 e. The van der Waals surface area contributed by atoms with E-state index in [9.17, 15) is 0 Å². The van der Waals surface area contributed by atoms with E-state index < -0.39 is 0 Å². The Labute approximate surface area is 100 Å². The molecule has 0 atom stereocenters. The monoisotopic (exact) mass is 230 g/mol. The van der Waals surface area contributed by atoms with Gasteiger partial charge >= 0.3 is 0 Å². The van der Waals surface area contributed by atoms with Gasteiger partial charge in [0.25, 0.3) is 0 Å². The maximum atomic E-state index is 8.55. The number of nitriles is 1. The Bertz CT molecular complexity index is 458. The number of pyridine rings is 1. The maximum absolute atomic E-state index is 8.55. The molecule has 0 saturated carbocycles. The molecule has 1 fully saturated rings. The SMILES string of the molecule is N#CC=C(N)c1cc(N2CCOCC2)ccn1. The van der Waals surface area contributed by atoms with Crippen LogP contribution in [0, 0.1) is 11.3 Å². The third-order valence-electron chi connectivity index (χ3n) is 2.64. The molecule has 0 bridgehead atoms. The molecular weight excluding hydrogens is 216 g/mol. The van der Waals surface area contributed by atoms with E-state index in [2.05, 4.69) is 9.88 Å². The Morgan fingerprint density at radius 2 is 2.29 bits per heavy atom. The summed E-state index contributed by atoms with van der Waals surface area (Å²) < 4.78 is 5.30. The van der Waals surface area contributed by atoms with Gasteiger partial charge in [-0.15, -0.1) is 0 Å². The molecule has 2 rings (SSSR count). The van der Waals surface area contributed by atoms with Gasteiger partial charge in [-0.1, -0.05) is 0 Å².